The van der Waals surface area contributed by atoms with Crippen molar-refractivity contribution in [3.05, 3.63) is 53.6 Å². The first kappa shape index (κ1) is 21.2. The van der Waals surface area contributed by atoms with Crippen molar-refractivity contribution in [1.82, 2.24) is 4.90 Å². The Labute approximate surface area is 170 Å². The number of rotatable bonds is 6. The molecule has 1 aliphatic heterocycles. The Bertz CT molecular complexity index is 851. The fourth-order valence-corrected chi connectivity index (χ4v) is 4.51. The van der Waals surface area contributed by atoms with Gasteiger partial charge in [-0.3, -0.25) is 4.79 Å². The van der Waals surface area contributed by atoms with E-state index in [2.05, 4.69) is 4.74 Å². The molecule has 5 nitrogen and oxygen atoms in total. The van der Waals surface area contributed by atoms with E-state index in [9.17, 15) is 18.0 Å². The van der Waals surface area contributed by atoms with Crippen molar-refractivity contribution in [3.63, 3.8) is 0 Å². The molecule has 0 saturated carbocycles. The fraction of sp³-hybridized carbons (Fsp3) is 0.350. The highest BCUT2D eigenvalue weighted by atomic mass is 32.2. The van der Waals surface area contributed by atoms with Gasteiger partial charge in [0.25, 0.3) is 0 Å². The first-order valence-electron chi connectivity index (χ1n) is 8.75. The third kappa shape index (κ3) is 4.72. The molecule has 2 atom stereocenters. The van der Waals surface area contributed by atoms with Crippen molar-refractivity contribution < 1.29 is 32.2 Å². The highest BCUT2D eigenvalue weighted by molar-refractivity contribution is 8.01. The Morgan fingerprint density at radius 2 is 1.62 bits per heavy atom. The zero-order valence-corrected chi connectivity index (χ0v) is 16.8. The summed E-state index contributed by atoms with van der Waals surface area (Å²) in [6.07, 6.45) is -4.75. The first-order valence-corrected chi connectivity index (χ1v) is 9.69. The van der Waals surface area contributed by atoms with Crippen LogP contribution in [0, 0.1) is 0 Å². The SMILES string of the molecule is COc1cccc(OC)c1C1SC(C)C(=O)N1Cc1ccc(OC(F)(F)F)cc1. The number of methoxy groups -OCH3 is 2. The summed E-state index contributed by atoms with van der Waals surface area (Å²) >= 11 is 1.47. The summed E-state index contributed by atoms with van der Waals surface area (Å²) in [7, 11) is 3.10. The number of carbonyl (C=O) groups is 1. The summed E-state index contributed by atoms with van der Waals surface area (Å²) in [4.78, 5) is 14.5. The van der Waals surface area contributed by atoms with Crippen molar-refractivity contribution in [3.8, 4) is 17.2 Å². The molecule has 9 heteroatoms. The predicted octanol–water partition coefficient (Wildman–Crippen LogP) is 4.77. The molecule has 1 amide bonds. The van der Waals surface area contributed by atoms with Gasteiger partial charge in [-0.25, -0.2) is 0 Å². The van der Waals surface area contributed by atoms with Crippen LogP contribution in [0.1, 0.15) is 23.4 Å². The largest absolute Gasteiger partial charge is 0.573 e. The summed E-state index contributed by atoms with van der Waals surface area (Å²) in [6.45, 7) is 2.05. The lowest BCUT2D eigenvalue weighted by Gasteiger charge is -2.27. The van der Waals surface area contributed by atoms with Gasteiger partial charge in [0.05, 0.1) is 25.0 Å². The molecule has 1 saturated heterocycles. The van der Waals surface area contributed by atoms with Gasteiger partial charge in [-0.1, -0.05) is 18.2 Å². The van der Waals surface area contributed by atoms with E-state index < -0.39 is 6.36 Å². The summed E-state index contributed by atoms with van der Waals surface area (Å²) in [6, 6.07) is 10.9. The molecule has 1 heterocycles. The molecule has 29 heavy (non-hydrogen) atoms. The Hall–Kier alpha value is -2.55. The van der Waals surface area contributed by atoms with E-state index in [4.69, 9.17) is 9.47 Å². The lowest BCUT2D eigenvalue weighted by atomic mass is 10.1. The van der Waals surface area contributed by atoms with E-state index in [1.165, 1.54) is 36.0 Å². The Morgan fingerprint density at radius 3 is 2.14 bits per heavy atom. The van der Waals surface area contributed by atoms with Gasteiger partial charge in [-0.15, -0.1) is 24.9 Å². The van der Waals surface area contributed by atoms with Gasteiger partial charge >= 0.3 is 6.36 Å². The monoisotopic (exact) mass is 427 g/mol. The molecule has 0 aromatic heterocycles. The van der Waals surface area contributed by atoms with Crippen LogP contribution in [-0.2, 0) is 11.3 Å². The van der Waals surface area contributed by atoms with Crippen LogP contribution >= 0.6 is 11.8 Å². The molecule has 2 unspecified atom stereocenters. The summed E-state index contributed by atoms with van der Waals surface area (Å²) < 4.78 is 51.9. The molecule has 3 rings (SSSR count). The highest BCUT2D eigenvalue weighted by Crippen LogP contribution is 2.49. The maximum atomic E-state index is 12.8. The molecule has 0 bridgehead atoms. The van der Waals surface area contributed by atoms with Crippen LogP contribution in [0.4, 0.5) is 13.2 Å². The van der Waals surface area contributed by atoms with Gasteiger partial charge in [0, 0.05) is 6.54 Å². The molecule has 2 aromatic rings. The first-order chi connectivity index (χ1) is 13.7. The van der Waals surface area contributed by atoms with E-state index in [0.717, 1.165) is 5.56 Å². The predicted molar refractivity (Wildman–Crippen MR) is 103 cm³/mol. The lowest BCUT2D eigenvalue weighted by molar-refractivity contribution is -0.274. The molecular weight excluding hydrogens is 407 g/mol. The van der Waals surface area contributed by atoms with Crippen LogP contribution < -0.4 is 14.2 Å². The van der Waals surface area contributed by atoms with E-state index in [0.29, 0.717) is 17.1 Å². The molecule has 0 radical (unpaired) electrons. The fourth-order valence-electron chi connectivity index (χ4n) is 3.18. The average Bonchev–Trinajstić information content (AvgIpc) is 2.95. The van der Waals surface area contributed by atoms with Crippen molar-refractivity contribution >= 4 is 17.7 Å². The highest BCUT2D eigenvalue weighted by Gasteiger charge is 2.41. The topological polar surface area (TPSA) is 48.0 Å². The van der Waals surface area contributed by atoms with Gasteiger partial charge in [0.15, 0.2) is 0 Å². The number of nitrogens with zero attached hydrogens (tertiary/aromatic N) is 1. The van der Waals surface area contributed by atoms with Gasteiger partial charge in [-0.2, -0.15) is 0 Å². The second-order valence-electron chi connectivity index (χ2n) is 6.36. The Morgan fingerprint density at radius 1 is 1.03 bits per heavy atom. The van der Waals surface area contributed by atoms with E-state index in [1.54, 1.807) is 37.3 Å². The van der Waals surface area contributed by atoms with Gasteiger partial charge in [-0.05, 0) is 36.8 Å². The van der Waals surface area contributed by atoms with E-state index >= 15 is 0 Å². The Balaban J connectivity index is 1.89. The minimum absolute atomic E-state index is 0.0661. The quantitative estimate of drug-likeness (QED) is 0.665. The molecule has 156 valence electrons. The minimum Gasteiger partial charge on any atom is -0.496 e. The molecule has 1 fully saturated rings. The van der Waals surface area contributed by atoms with Crippen molar-refractivity contribution in [2.24, 2.45) is 0 Å². The minimum atomic E-state index is -4.75. The van der Waals surface area contributed by atoms with Gasteiger partial charge in [0.2, 0.25) is 5.91 Å². The zero-order valence-electron chi connectivity index (χ0n) is 16.0. The molecule has 2 aromatic carbocycles. The van der Waals surface area contributed by atoms with E-state index in [1.807, 2.05) is 6.92 Å². The zero-order chi connectivity index (χ0) is 21.2. The molecule has 0 aliphatic carbocycles. The number of amides is 1. The summed E-state index contributed by atoms with van der Waals surface area (Å²) in [5.41, 5.74) is 1.43. The average molecular weight is 427 g/mol. The number of ether oxygens (including phenoxy) is 3. The molecule has 0 spiro atoms. The van der Waals surface area contributed by atoms with Crippen molar-refractivity contribution in [2.75, 3.05) is 14.2 Å². The number of alkyl halides is 3. The van der Waals surface area contributed by atoms with Crippen LogP contribution in [0.15, 0.2) is 42.5 Å². The van der Waals surface area contributed by atoms with E-state index in [-0.39, 0.29) is 28.8 Å². The maximum Gasteiger partial charge on any atom is 0.573 e. The smallest absolute Gasteiger partial charge is 0.496 e. The second kappa shape index (κ2) is 8.44. The maximum absolute atomic E-state index is 12.8. The van der Waals surface area contributed by atoms with Gasteiger partial charge in [0.1, 0.15) is 22.6 Å². The summed E-state index contributed by atoms with van der Waals surface area (Å²) in [5, 5.41) is -0.628. The number of hydrogen-bond donors (Lipinski definition) is 0. The number of hydrogen-bond acceptors (Lipinski definition) is 5. The number of benzene rings is 2. The van der Waals surface area contributed by atoms with Crippen LogP contribution in [-0.4, -0.2) is 36.6 Å². The van der Waals surface area contributed by atoms with Crippen LogP contribution in [0.25, 0.3) is 0 Å². The molecule has 0 N–H and O–H groups in total. The standard InChI is InChI=1S/C20H20F3NO4S/c1-12-18(25)24(11-13-7-9-14(10-8-13)28-20(21,22)23)19(29-12)17-15(26-2)5-4-6-16(17)27-3/h4-10,12,19H,11H2,1-3H3. The third-order valence-electron chi connectivity index (χ3n) is 4.47. The van der Waals surface area contributed by atoms with Gasteiger partial charge < -0.3 is 19.1 Å². The number of carbonyl (C=O) groups excluding carboxylic acids is 1. The van der Waals surface area contributed by atoms with Crippen LogP contribution in [0.3, 0.4) is 0 Å². The third-order valence-corrected chi connectivity index (χ3v) is 5.83. The number of thioether (sulfide) groups is 1. The van der Waals surface area contributed by atoms with Crippen molar-refractivity contribution in [1.29, 1.82) is 0 Å². The normalized spacial score (nSPS) is 19.4. The second-order valence-corrected chi connectivity index (χ2v) is 7.79. The van der Waals surface area contributed by atoms with Crippen LogP contribution in [0.2, 0.25) is 0 Å². The molecular formula is C20H20F3NO4S. The Kier molecular flexibility index (Phi) is 6.16. The lowest BCUT2D eigenvalue weighted by Crippen LogP contribution is -2.30. The summed E-state index contributed by atoms with van der Waals surface area (Å²) in [5.74, 6) is 0.827. The van der Waals surface area contributed by atoms with Crippen molar-refractivity contribution in [2.45, 2.75) is 30.5 Å². The molecule has 1 aliphatic rings. The van der Waals surface area contributed by atoms with Crippen LogP contribution in [0.5, 0.6) is 17.2 Å². The number of halogens is 3.